The number of benzene rings is 11. The van der Waals surface area contributed by atoms with E-state index in [0.717, 1.165) is 44.7 Å². The third-order valence-electron chi connectivity index (χ3n) is 16.5. The summed E-state index contributed by atoms with van der Waals surface area (Å²) in [5, 5.41) is 4.30. The van der Waals surface area contributed by atoms with Gasteiger partial charge in [0.05, 0.1) is 68.3 Å². The van der Waals surface area contributed by atoms with Crippen molar-refractivity contribution in [3.8, 4) is 79.7 Å². The third kappa shape index (κ3) is 7.33. The fraction of sp³-hybridized carbons (Fsp3) is 0.0556. The lowest BCUT2D eigenvalue weighted by atomic mass is 10.0. The maximum absolute atomic E-state index is 16.1. The van der Waals surface area contributed by atoms with Crippen molar-refractivity contribution in [1.82, 2.24) is 0 Å². The number of ether oxygens (including phenoxy) is 7. The minimum absolute atomic E-state index is 0.241. The van der Waals surface area contributed by atoms with Gasteiger partial charge in [-0.2, -0.15) is 0 Å². The van der Waals surface area contributed by atoms with Crippen molar-refractivity contribution in [2.24, 2.45) is 0 Å². The van der Waals surface area contributed by atoms with Crippen LogP contribution in [-0.4, -0.2) is 28.4 Å². The third-order valence-corrected chi connectivity index (χ3v) is 16.5. The van der Waals surface area contributed by atoms with E-state index in [0.29, 0.717) is 129 Å². The van der Waals surface area contributed by atoms with E-state index >= 15 is 9.59 Å². The van der Waals surface area contributed by atoms with E-state index in [-0.39, 0.29) is 10.9 Å². The Morgan fingerprint density at radius 1 is 0.274 bits per heavy atom. The quantitative estimate of drug-likeness (QED) is 0.137. The molecule has 3 aliphatic rings. The largest absolute Gasteiger partial charge is 0.497 e. The van der Waals surface area contributed by atoms with Crippen molar-refractivity contribution >= 4 is 94.3 Å². The molecule has 0 unspecified atom stereocenters. The van der Waals surface area contributed by atoms with Crippen LogP contribution in [0.1, 0.15) is 0 Å². The number of fused-ring (bicyclic) bond motifs is 13. The number of hydrogen-bond donors (Lipinski definition) is 0. The second-order valence-corrected chi connectivity index (χ2v) is 20.9. The van der Waals surface area contributed by atoms with Crippen LogP contribution in [0.5, 0.6) is 57.5 Å². The van der Waals surface area contributed by atoms with Crippen LogP contribution in [0.15, 0.2) is 222 Å². The van der Waals surface area contributed by atoms with Gasteiger partial charge in [-0.25, -0.2) is 0 Å². The number of nitrogens with zero attached hydrogens (tertiary/aromatic N) is 3. The molecule has 3 aliphatic heterocycles. The van der Waals surface area contributed by atoms with Gasteiger partial charge in [-0.3, -0.25) is 9.59 Å². The standard InChI is InChI=1S/C72H47N3O9/c1-78-46-18-27-57-64(36-46)83-65-37-47(79-2)19-28-58(65)74(57)45-34-54-68(61(35-45)75-59-29-20-48(80-3)38-66(59)84-67-39-49(81-4)21-30-60(67)75)52-24-23-51-50-22-17-44(33-53(50)71(76)69(51)70(52)72(54)77)73-55-25-15-42(40-11-7-5-8-12-40)31-62(55)82-63-32-43(16-26-56(63)73)41-13-9-6-10-14-41/h5-39H,1-4H3. The summed E-state index contributed by atoms with van der Waals surface area (Å²) >= 11 is 0. The van der Waals surface area contributed by atoms with E-state index in [2.05, 4.69) is 81.4 Å². The Labute approximate surface area is 480 Å². The highest BCUT2D eigenvalue weighted by Crippen LogP contribution is 2.59. The van der Waals surface area contributed by atoms with E-state index in [9.17, 15) is 0 Å². The number of anilines is 9. The molecule has 404 valence electrons. The first-order valence-corrected chi connectivity index (χ1v) is 27.4. The number of methoxy groups -OCH3 is 4. The molecule has 13 aromatic carbocycles. The normalized spacial score (nSPS) is 12.8. The molecule has 0 amide bonds. The Kier molecular flexibility index (Phi) is 10.8. The molecule has 0 N–H and O–H groups in total. The van der Waals surface area contributed by atoms with Gasteiger partial charge in [0.15, 0.2) is 45.4 Å². The maximum Gasteiger partial charge on any atom is 0.195 e. The Morgan fingerprint density at radius 2 is 0.655 bits per heavy atom. The molecule has 13 aromatic rings. The molecule has 0 spiro atoms. The molecule has 0 saturated heterocycles. The molecule has 0 aromatic heterocycles. The van der Waals surface area contributed by atoms with E-state index in [1.165, 1.54) is 0 Å². The molecule has 84 heavy (non-hydrogen) atoms. The van der Waals surface area contributed by atoms with Gasteiger partial charge in [0.1, 0.15) is 23.0 Å². The maximum atomic E-state index is 16.1. The molecular weight excluding hydrogens is 1050 g/mol. The van der Waals surface area contributed by atoms with Crippen molar-refractivity contribution in [3.05, 3.63) is 233 Å². The first-order chi connectivity index (χ1) is 41.2. The minimum atomic E-state index is -0.280. The molecule has 0 atom stereocenters. The monoisotopic (exact) mass is 1100 g/mol. The summed E-state index contributed by atoms with van der Waals surface area (Å²) in [7, 11) is 6.46. The van der Waals surface area contributed by atoms with Crippen LogP contribution in [0.2, 0.25) is 0 Å². The van der Waals surface area contributed by atoms with Crippen LogP contribution in [0.4, 0.5) is 51.2 Å². The molecule has 3 heterocycles. The Bertz CT molecular complexity index is 4820. The predicted molar refractivity (Wildman–Crippen MR) is 333 cm³/mol. The van der Waals surface area contributed by atoms with E-state index in [4.69, 9.17) is 33.2 Å². The van der Waals surface area contributed by atoms with Gasteiger partial charge in [-0.1, -0.05) is 91.0 Å². The highest BCUT2D eigenvalue weighted by atomic mass is 16.5. The fourth-order valence-corrected chi connectivity index (χ4v) is 12.5. The Balaban J connectivity index is 0.939. The zero-order valence-electron chi connectivity index (χ0n) is 45.7. The summed E-state index contributed by atoms with van der Waals surface area (Å²) in [4.78, 5) is 38.1. The molecule has 0 aliphatic carbocycles. The zero-order chi connectivity index (χ0) is 56.5. The summed E-state index contributed by atoms with van der Waals surface area (Å²) in [5.74, 6) is 5.87. The predicted octanol–water partition coefficient (Wildman–Crippen LogP) is 18.0. The van der Waals surface area contributed by atoms with Gasteiger partial charge in [-0.15, -0.1) is 0 Å². The number of rotatable bonds is 9. The first-order valence-electron chi connectivity index (χ1n) is 27.4. The lowest BCUT2D eigenvalue weighted by molar-refractivity contribution is 0.402. The minimum Gasteiger partial charge on any atom is -0.497 e. The molecular formula is C72H47N3O9. The van der Waals surface area contributed by atoms with Gasteiger partial charge in [0.2, 0.25) is 0 Å². The average Bonchev–Trinajstić information content (AvgIpc) is 2.25. The lowest BCUT2D eigenvalue weighted by Crippen LogP contribution is -2.19. The SMILES string of the molecule is COc1ccc2c(c1)Oc1cc(OC)ccc1N2c1cc(N2c3ccc(OC)cc3Oc3cc(OC)ccc32)c2c(c1)c(=O)c1c2ccc2c3ccc(N4c5ccc(-c6ccccc6)cc5Oc5cc(-c6ccccc6)ccc54)cc3c(=O)c21. The molecule has 0 fully saturated rings. The van der Waals surface area contributed by atoms with E-state index < -0.39 is 0 Å². The van der Waals surface area contributed by atoms with Crippen LogP contribution in [0.25, 0.3) is 65.3 Å². The second kappa shape index (κ2) is 18.7. The van der Waals surface area contributed by atoms with E-state index in [1.54, 1.807) is 28.4 Å². The summed E-state index contributed by atoms with van der Waals surface area (Å²) in [5.41, 5.74) is 10.1. The molecule has 0 bridgehead atoms. The molecule has 12 heteroatoms. The van der Waals surface area contributed by atoms with Gasteiger partial charge in [-0.05, 0) is 135 Å². The van der Waals surface area contributed by atoms with Crippen LogP contribution < -0.4 is 58.7 Å². The molecule has 0 saturated carbocycles. The van der Waals surface area contributed by atoms with Crippen LogP contribution >= 0.6 is 0 Å². The summed E-state index contributed by atoms with van der Waals surface area (Å²) in [6.07, 6.45) is 0. The molecule has 0 radical (unpaired) electrons. The second-order valence-electron chi connectivity index (χ2n) is 20.9. The van der Waals surface area contributed by atoms with Gasteiger partial charge >= 0.3 is 0 Å². The summed E-state index contributed by atoms with van der Waals surface area (Å²) in [6, 6.07) is 69.6. The Morgan fingerprint density at radius 3 is 1.13 bits per heavy atom. The topological polar surface area (TPSA) is 108 Å². The van der Waals surface area contributed by atoms with Crippen molar-refractivity contribution in [2.45, 2.75) is 0 Å². The average molecular weight is 1100 g/mol. The zero-order valence-corrected chi connectivity index (χ0v) is 45.7. The van der Waals surface area contributed by atoms with Gasteiger partial charge in [0, 0.05) is 62.6 Å². The van der Waals surface area contributed by atoms with Crippen LogP contribution in [-0.2, 0) is 0 Å². The Hall–Kier alpha value is -11.2. The smallest absolute Gasteiger partial charge is 0.195 e. The van der Waals surface area contributed by atoms with E-state index in [1.807, 2.05) is 146 Å². The number of hydrogen-bond acceptors (Lipinski definition) is 12. The van der Waals surface area contributed by atoms with Crippen molar-refractivity contribution in [2.75, 3.05) is 43.1 Å². The first kappa shape index (κ1) is 48.6. The highest BCUT2D eigenvalue weighted by Gasteiger charge is 2.35. The van der Waals surface area contributed by atoms with Gasteiger partial charge < -0.3 is 47.9 Å². The highest BCUT2D eigenvalue weighted by molar-refractivity contribution is 6.29. The van der Waals surface area contributed by atoms with Crippen molar-refractivity contribution in [1.29, 1.82) is 0 Å². The lowest BCUT2D eigenvalue weighted by Gasteiger charge is -2.36. The van der Waals surface area contributed by atoms with Crippen molar-refractivity contribution < 1.29 is 33.2 Å². The fourth-order valence-electron chi connectivity index (χ4n) is 12.5. The summed E-state index contributed by atoms with van der Waals surface area (Å²) < 4.78 is 43.0. The molecule has 12 nitrogen and oxygen atoms in total. The summed E-state index contributed by atoms with van der Waals surface area (Å²) in [6.45, 7) is 0. The molecule has 16 rings (SSSR count). The van der Waals surface area contributed by atoms with Gasteiger partial charge in [0.25, 0.3) is 0 Å². The van der Waals surface area contributed by atoms with Crippen molar-refractivity contribution in [3.63, 3.8) is 0 Å². The van der Waals surface area contributed by atoms with Crippen LogP contribution in [0.3, 0.4) is 0 Å². The van der Waals surface area contributed by atoms with Crippen LogP contribution in [0, 0.1) is 0 Å².